The zero-order valence-electron chi connectivity index (χ0n) is 12.5. The quantitative estimate of drug-likeness (QED) is 0.532. The van der Waals surface area contributed by atoms with E-state index < -0.39 is 11.6 Å². The smallest absolute Gasteiger partial charge is 0.233 e. The number of rotatable bonds is 1. The van der Waals surface area contributed by atoms with Gasteiger partial charge >= 0.3 is 0 Å². The van der Waals surface area contributed by atoms with Gasteiger partial charge < -0.3 is 10.2 Å². The first-order valence-corrected chi connectivity index (χ1v) is 7.41. The molecule has 4 heteroatoms. The van der Waals surface area contributed by atoms with Crippen molar-refractivity contribution >= 4 is 27.9 Å². The van der Waals surface area contributed by atoms with Crippen LogP contribution in [-0.4, -0.2) is 21.8 Å². The minimum Gasteiger partial charge on any atom is -0.507 e. The fourth-order valence-corrected chi connectivity index (χ4v) is 3.09. The molecule has 0 radical (unpaired) electrons. The van der Waals surface area contributed by atoms with Crippen molar-refractivity contribution in [3.05, 3.63) is 77.4 Å². The summed E-state index contributed by atoms with van der Waals surface area (Å²) in [6, 6.07) is 15.1. The number of hydrogen-bond acceptors (Lipinski definition) is 4. The molecule has 3 aromatic carbocycles. The van der Waals surface area contributed by atoms with Crippen LogP contribution in [0.3, 0.4) is 0 Å². The third-order valence-electron chi connectivity index (χ3n) is 4.25. The molecule has 116 valence electrons. The molecule has 0 aliphatic heterocycles. The highest BCUT2D eigenvalue weighted by atomic mass is 16.3. The van der Waals surface area contributed by atoms with E-state index in [1.807, 2.05) is 0 Å². The van der Waals surface area contributed by atoms with Gasteiger partial charge in [-0.1, -0.05) is 48.5 Å². The van der Waals surface area contributed by atoms with E-state index in [9.17, 15) is 19.8 Å². The van der Waals surface area contributed by atoms with Crippen LogP contribution in [0.15, 0.2) is 60.7 Å². The summed E-state index contributed by atoms with van der Waals surface area (Å²) in [6.45, 7) is 0. The molecule has 1 aliphatic carbocycles. The predicted octanol–water partition coefficient (Wildman–Crippen LogP) is 3.45. The highest BCUT2D eigenvalue weighted by molar-refractivity contribution is 6.51. The molecule has 0 saturated heterocycles. The number of carbonyl (C=O) groups is 2. The summed E-state index contributed by atoms with van der Waals surface area (Å²) in [7, 11) is 0. The standard InChI is InChI=1S/C20H12O4/c21-17-10-16(19(23)14-8-4-2-6-12(14)17)15-9-18(22)20(24)13-7-3-1-5-11(13)15/h1-10,21,23H. The monoisotopic (exact) mass is 316 g/mol. The van der Waals surface area contributed by atoms with Crippen LogP contribution in [0.1, 0.15) is 21.5 Å². The predicted molar refractivity (Wildman–Crippen MR) is 90.1 cm³/mol. The zero-order chi connectivity index (χ0) is 16.8. The number of Topliss-reactive ketones (excluding diaryl/α,β-unsaturated/α-hetero) is 1. The van der Waals surface area contributed by atoms with E-state index >= 15 is 0 Å². The summed E-state index contributed by atoms with van der Waals surface area (Å²) in [5.41, 5.74) is 1.60. The van der Waals surface area contributed by atoms with E-state index in [-0.39, 0.29) is 11.5 Å². The molecule has 4 rings (SSSR count). The molecule has 3 aromatic rings. The minimum atomic E-state index is -0.643. The molecule has 0 spiro atoms. The summed E-state index contributed by atoms with van der Waals surface area (Å²) < 4.78 is 0. The fraction of sp³-hybridized carbons (Fsp3) is 0. The molecule has 0 saturated carbocycles. The van der Waals surface area contributed by atoms with Gasteiger partial charge in [0, 0.05) is 21.9 Å². The highest BCUT2D eigenvalue weighted by Crippen LogP contribution is 2.42. The first kappa shape index (κ1) is 14.2. The Balaban J connectivity index is 2.05. The van der Waals surface area contributed by atoms with Gasteiger partial charge in [0.25, 0.3) is 0 Å². The summed E-state index contributed by atoms with van der Waals surface area (Å²) in [5, 5.41) is 21.9. The maximum Gasteiger partial charge on any atom is 0.233 e. The Labute approximate surface area is 137 Å². The number of fused-ring (bicyclic) bond motifs is 2. The fourth-order valence-electron chi connectivity index (χ4n) is 3.09. The highest BCUT2D eigenvalue weighted by Gasteiger charge is 2.28. The first-order chi connectivity index (χ1) is 11.6. The topological polar surface area (TPSA) is 74.6 Å². The third-order valence-corrected chi connectivity index (χ3v) is 4.25. The Kier molecular flexibility index (Phi) is 3.00. The molecule has 4 nitrogen and oxygen atoms in total. The van der Waals surface area contributed by atoms with Gasteiger partial charge in [-0.05, 0) is 23.3 Å². The number of benzene rings is 3. The third kappa shape index (κ3) is 1.93. The van der Waals surface area contributed by atoms with Crippen LogP contribution < -0.4 is 0 Å². The molecule has 0 amide bonds. The molecule has 0 aromatic heterocycles. The number of phenolic OH excluding ortho intramolecular Hbond substituents is 2. The van der Waals surface area contributed by atoms with Gasteiger partial charge in [-0.2, -0.15) is 0 Å². The second-order valence-corrected chi connectivity index (χ2v) is 5.63. The SMILES string of the molecule is O=C1C=C(c2cc(O)c3ccccc3c2O)c2ccccc2C1=O. The van der Waals surface area contributed by atoms with Gasteiger partial charge in [0.1, 0.15) is 11.5 Å². The lowest BCUT2D eigenvalue weighted by atomic mass is 9.84. The molecule has 2 N–H and O–H groups in total. The van der Waals surface area contributed by atoms with Crippen molar-refractivity contribution in [2.75, 3.05) is 0 Å². The molecule has 0 fully saturated rings. The molecule has 0 unspecified atom stereocenters. The van der Waals surface area contributed by atoms with Gasteiger partial charge in [-0.3, -0.25) is 9.59 Å². The Hall–Kier alpha value is -3.40. The lowest BCUT2D eigenvalue weighted by Gasteiger charge is -2.18. The largest absolute Gasteiger partial charge is 0.507 e. The van der Waals surface area contributed by atoms with Crippen molar-refractivity contribution < 1.29 is 19.8 Å². The maximum absolute atomic E-state index is 12.1. The van der Waals surface area contributed by atoms with E-state index in [1.165, 1.54) is 12.1 Å². The number of hydrogen-bond donors (Lipinski definition) is 2. The van der Waals surface area contributed by atoms with Crippen LogP contribution in [0.2, 0.25) is 0 Å². The normalized spacial score (nSPS) is 13.8. The maximum atomic E-state index is 12.1. The van der Waals surface area contributed by atoms with Gasteiger partial charge in [-0.25, -0.2) is 0 Å². The molecular weight excluding hydrogens is 304 g/mol. The van der Waals surface area contributed by atoms with Gasteiger partial charge in [0.2, 0.25) is 11.6 Å². The second-order valence-electron chi connectivity index (χ2n) is 5.63. The van der Waals surface area contributed by atoms with Gasteiger partial charge in [0.15, 0.2) is 0 Å². The van der Waals surface area contributed by atoms with Crippen LogP contribution in [0.25, 0.3) is 16.3 Å². The molecule has 24 heavy (non-hydrogen) atoms. The lowest BCUT2D eigenvalue weighted by Crippen LogP contribution is -2.18. The Morgan fingerprint density at radius 3 is 2.08 bits per heavy atom. The van der Waals surface area contributed by atoms with Crippen molar-refractivity contribution in [3.8, 4) is 11.5 Å². The van der Waals surface area contributed by atoms with E-state index in [1.54, 1.807) is 48.5 Å². The van der Waals surface area contributed by atoms with Crippen molar-refractivity contribution in [2.45, 2.75) is 0 Å². The average molecular weight is 316 g/mol. The Morgan fingerprint density at radius 2 is 1.33 bits per heavy atom. The van der Waals surface area contributed by atoms with Crippen molar-refractivity contribution in [3.63, 3.8) is 0 Å². The van der Waals surface area contributed by atoms with Crippen molar-refractivity contribution in [1.82, 2.24) is 0 Å². The Morgan fingerprint density at radius 1 is 0.708 bits per heavy atom. The number of ketones is 2. The van der Waals surface area contributed by atoms with E-state index in [2.05, 4.69) is 0 Å². The van der Waals surface area contributed by atoms with Crippen LogP contribution in [0, 0.1) is 0 Å². The molecular formula is C20H12O4. The molecule has 0 bridgehead atoms. The van der Waals surface area contributed by atoms with Crippen LogP contribution in [0.5, 0.6) is 11.5 Å². The number of carbonyl (C=O) groups excluding carboxylic acids is 2. The number of aromatic hydroxyl groups is 2. The Bertz CT molecular complexity index is 1060. The van der Waals surface area contributed by atoms with Gasteiger partial charge in [-0.15, -0.1) is 0 Å². The second kappa shape index (κ2) is 5.06. The van der Waals surface area contributed by atoms with Gasteiger partial charge in [0.05, 0.1) is 0 Å². The van der Waals surface area contributed by atoms with Crippen molar-refractivity contribution in [1.29, 1.82) is 0 Å². The summed E-state index contributed by atoms with van der Waals surface area (Å²) >= 11 is 0. The molecule has 0 heterocycles. The lowest BCUT2D eigenvalue weighted by molar-refractivity contribution is -0.111. The number of phenols is 2. The van der Waals surface area contributed by atoms with E-state index in [0.29, 0.717) is 33.0 Å². The number of allylic oxidation sites excluding steroid dienone is 1. The van der Waals surface area contributed by atoms with Crippen LogP contribution >= 0.6 is 0 Å². The van der Waals surface area contributed by atoms with Crippen molar-refractivity contribution in [2.24, 2.45) is 0 Å². The van der Waals surface area contributed by atoms with Crippen LogP contribution in [-0.2, 0) is 4.79 Å². The zero-order valence-corrected chi connectivity index (χ0v) is 12.5. The summed E-state index contributed by atoms with van der Waals surface area (Å²) in [4.78, 5) is 24.1. The first-order valence-electron chi connectivity index (χ1n) is 7.41. The van der Waals surface area contributed by atoms with E-state index in [4.69, 9.17) is 0 Å². The average Bonchev–Trinajstić information content (AvgIpc) is 2.61. The summed E-state index contributed by atoms with van der Waals surface area (Å²) in [6.07, 6.45) is 1.22. The minimum absolute atomic E-state index is 0.00105. The summed E-state index contributed by atoms with van der Waals surface area (Å²) in [5.74, 6) is -1.25. The van der Waals surface area contributed by atoms with E-state index in [0.717, 1.165) is 0 Å². The molecule has 0 atom stereocenters. The van der Waals surface area contributed by atoms with Crippen LogP contribution in [0.4, 0.5) is 0 Å². The molecule has 1 aliphatic rings.